The van der Waals surface area contributed by atoms with Gasteiger partial charge in [-0.15, -0.1) is 0 Å². The number of aliphatic hydroxyl groups is 1. The van der Waals surface area contributed by atoms with Gasteiger partial charge in [-0.25, -0.2) is 4.39 Å². The fourth-order valence-corrected chi connectivity index (χ4v) is 1.80. The van der Waals surface area contributed by atoms with Gasteiger partial charge in [0.15, 0.2) is 0 Å². The van der Waals surface area contributed by atoms with Crippen molar-refractivity contribution in [2.24, 2.45) is 0 Å². The Hall–Kier alpha value is -1.57. The number of hydrogen-bond acceptors (Lipinski definition) is 3. The lowest BCUT2D eigenvalue weighted by molar-refractivity contribution is 0.00731. The zero-order chi connectivity index (χ0) is 12.8. The highest BCUT2D eigenvalue weighted by Crippen LogP contribution is 2.20. The van der Waals surface area contributed by atoms with Crippen molar-refractivity contribution in [3.05, 3.63) is 29.6 Å². The Labute approximate surface area is 106 Å². The minimum absolute atomic E-state index is 0.00692. The quantitative estimate of drug-likeness (QED) is 0.812. The van der Waals surface area contributed by atoms with Crippen LogP contribution in [-0.4, -0.2) is 31.0 Å². The van der Waals surface area contributed by atoms with E-state index in [9.17, 15) is 4.39 Å². The molecule has 1 atom stereocenters. The van der Waals surface area contributed by atoms with E-state index in [1.807, 2.05) is 0 Å². The van der Waals surface area contributed by atoms with Gasteiger partial charge in [0.05, 0.1) is 12.2 Å². The summed E-state index contributed by atoms with van der Waals surface area (Å²) in [5.41, 5.74) is 0.260. The highest BCUT2D eigenvalue weighted by atomic mass is 19.1. The van der Waals surface area contributed by atoms with Crippen LogP contribution in [0.2, 0.25) is 0 Å². The molecule has 0 radical (unpaired) electrons. The molecule has 1 heterocycles. The first kappa shape index (κ1) is 12.9. The van der Waals surface area contributed by atoms with Gasteiger partial charge in [0, 0.05) is 12.7 Å². The van der Waals surface area contributed by atoms with Crippen LogP contribution in [0.1, 0.15) is 18.4 Å². The Bertz CT molecular complexity index is 456. The molecule has 1 fully saturated rings. The zero-order valence-electron chi connectivity index (χ0n) is 9.99. The maximum absolute atomic E-state index is 13.6. The summed E-state index contributed by atoms with van der Waals surface area (Å²) in [6.07, 6.45) is 1.88. The number of halogens is 1. The monoisotopic (exact) mass is 250 g/mol. The van der Waals surface area contributed by atoms with Gasteiger partial charge in [-0.3, -0.25) is 0 Å². The van der Waals surface area contributed by atoms with Gasteiger partial charge >= 0.3 is 0 Å². The summed E-state index contributed by atoms with van der Waals surface area (Å²) < 4.78 is 24.6. The Balaban J connectivity index is 2.03. The van der Waals surface area contributed by atoms with Crippen LogP contribution in [0.4, 0.5) is 4.39 Å². The van der Waals surface area contributed by atoms with Crippen molar-refractivity contribution in [2.75, 3.05) is 19.8 Å². The molecule has 0 spiro atoms. The van der Waals surface area contributed by atoms with Crippen LogP contribution in [0, 0.1) is 17.7 Å². The summed E-state index contributed by atoms with van der Waals surface area (Å²) in [6, 6.07) is 4.55. The van der Waals surface area contributed by atoms with Crippen molar-refractivity contribution in [3.63, 3.8) is 0 Å². The Morgan fingerprint density at radius 2 is 2.39 bits per heavy atom. The number of ether oxygens (including phenoxy) is 2. The van der Waals surface area contributed by atoms with Crippen LogP contribution in [-0.2, 0) is 4.74 Å². The average Bonchev–Trinajstić information content (AvgIpc) is 2.39. The molecule has 1 unspecified atom stereocenters. The maximum atomic E-state index is 13.6. The van der Waals surface area contributed by atoms with Gasteiger partial charge in [0.25, 0.3) is 0 Å². The first-order valence-electron chi connectivity index (χ1n) is 5.93. The van der Waals surface area contributed by atoms with Gasteiger partial charge in [-0.2, -0.15) is 0 Å². The molecule has 0 aromatic heterocycles. The van der Waals surface area contributed by atoms with Crippen molar-refractivity contribution >= 4 is 0 Å². The molecule has 2 rings (SSSR count). The number of aliphatic hydroxyl groups excluding tert-OH is 1. The van der Waals surface area contributed by atoms with E-state index in [0.29, 0.717) is 12.4 Å². The highest BCUT2D eigenvalue weighted by molar-refractivity contribution is 5.39. The van der Waals surface area contributed by atoms with E-state index in [1.54, 1.807) is 12.1 Å². The minimum atomic E-state index is -0.440. The van der Waals surface area contributed by atoms with E-state index in [0.717, 1.165) is 19.4 Å². The third-order valence-electron chi connectivity index (χ3n) is 2.66. The summed E-state index contributed by atoms with van der Waals surface area (Å²) in [5, 5.41) is 8.55. The van der Waals surface area contributed by atoms with Crippen molar-refractivity contribution in [1.29, 1.82) is 0 Å². The largest absolute Gasteiger partial charge is 0.488 e. The van der Waals surface area contributed by atoms with Gasteiger partial charge in [0.1, 0.15) is 24.3 Å². The minimum Gasteiger partial charge on any atom is -0.488 e. The Morgan fingerprint density at radius 3 is 3.06 bits per heavy atom. The lowest BCUT2D eigenvalue weighted by Gasteiger charge is -2.23. The normalized spacial score (nSPS) is 18.9. The van der Waals surface area contributed by atoms with Gasteiger partial charge in [-0.05, 0) is 25.0 Å². The molecular weight excluding hydrogens is 235 g/mol. The van der Waals surface area contributed by atoms with Gasteiger partial charge in [0.2, 0.25) is 0 Å². The van der Waals surface area contributed by atoms with Crippen molar-refractivity contribution < 1.29 is 19.0 Å². The Kier molecular flexibility index (Phi) is 4.57. The molecule has 1 N–H and O–H groups in total. The molecule has 1 aliphatic rings. The van der Waals surface area contributed by atoms with Crippen LogP contribution in [0.5, 0.6) is 5.75 Å². The lowest BCUT2D eigenvalue weighted by Crippen LogP contribution is -2.28. The predicted octanol–water partition coefficient (Wildman–Crippen LogP) is 1.73. The first-order chi connectivity index (χ1) is 8.79. The predicted molar refractivity (Wildman–Crippen MR) is 64.8 cm³/mol. The molecule has 0 amide bonds. The fraction of sp³-hybridized carbons (Fsp3) is 0.429. The Morgan fingerprint density at radius 1 is 1.50 bits per heavy atom. The standard InChI is InChI=1S/C14H15FO3/c15-14-9-12(6-5-11(14)3-1-7-16)18-13-4-2-8-17-10-13/h5-6,9,13,16H,2,4,7-8,10H2. The topological polar surface area (TPSA) is 38.7 Å². The molecule has 18 heavy (non-hydrogen) atoms. The lowest BCUT2D eigenvalue weighted by atomic mass is 10.1. The second-order valence-corrected chi connectivity index (χ2v) is 4.06. The van der Waals surface area contributed by atoms with Crippen molar-refractivity contribution in [3.8, 4) is 17.6 Å². The first-order valence-corrected chi connectivity index (χ1v) is 5.93. The molecule has 3 nitrogen and oxygen atoms in total. The molecule has 1 aromatic carbocycles. The molecule has 0 aliphatic carbocycles. The van der Waals surface area contributed by atoms with Crippen molar-refractivity contribution in [2.45, 2.75) is 18.9 Å². The van der Waals surface area contributed by atoms with Gasteiger partial charge < -0.3 is 14.6 Å². The van der Waals surface area contributed by atoms with Crippen LogP contribution in [0.3, 0.4) is 0 Å². The van der Waals surface area contributed by atoms with Crippen molar-refractivity contribution in [1.82, 2.24) is 0 Å². The molecule has 1 aliphatic heterocycles. The molecule has 0 saturated carbocycles. The molecule has 1 saturated heterocycles. The van der Waals surface area contributed by atoms with E-state index in [1.165, 1.54) is 6.07 Å². The molecule has 1 aromatic rings. The number of rotatable bonds is 2. The third-order valence-corrected chi connectivity index (χ3v) is 2.66. The van der Waals surface area contributed by atoms with Crippen LogP contribution >= 0.6 is 0 Å². The highest BCUT2D eigenvalue weighted by Gasteiger charge is 2.15. The zero-order valence-corrected chi connectivity index (χ0v) is 9.99. The van der Waals surface area contributed by atoms with Crippen LogP contribution < -0.4 is 4.74 Å². The summed E-state index contributed by atoms with van der Waals surface area (Å²) in [5.74, 6) is 4.99. The maximum Gasteiger partial charge on any atom is 0.142 e. The molecule has 0 bridgehead atoms. The average molecular weight is 250 g/mol. The summed E-state index contributed by atoms with van der Waals surface area (Å²) >= 11 is 0. The molecule has 4 heteroatoms. The van der Waals surface area contributed by atoms with Gasteiger partial charge in [-0.1, -0.05) is 11.8 Å². The smallest absolute Gasteiger partial charge is 0.142 e. The summed E-state index contributed by atoms with van der Waals surface area (Å²) in [6.45, 7) is 1.04. The molecular formula is C14H15FO3. The van der Waals surface area contributed by atoms with Crippen LogP contribution in [0.25, 0.3) is 0 Å². The number of benzene rings is 1. The van der Waals surface area contributed by atoms with E-state index in [2.05, 4.69) is 11.8 Å². The summed E-state index contributed by atoms with van der Waals surface area (Å²) in [4.78, 5) is 0. The molecule has 96 valence electrons. The van der Waals surface area contributed by atoms with Crippen LogP contribution in [0.15, 0.2) is 18.2 Å². The van der Waals surface area contributed by atoms with E-state index < -0.39 is 5.82 Å². The van der Waals surface area contributed by atoms with E-state index in [-0.39, 0.29) is 18.3 Å². The summed E-state index contributed by atoms with van der Waals surface area (Å²) in [7, 11) is 0. The fourth-order valence-electron chi connectivity index (χ4n) is 1.80. The number of hydrogen-bond donors (Lipinski definition) is 1. The van der Waals surface area contributed by atoms with E-state index in [4.69, 9.17) is 14.6 Å². The second-order valence-electron chi connectivity index (χ2n) is 4.06. The van der Waals surface area contributed by atoms with E-state index >= 15 is 0 Å². The SMILES string of the molecule is OCC#Cc1ccc(OC2CCCOC2)cc1F. The third kappa shape index (κ3) is 3.46. The second kappa shape index (κ2) is 6.39.